The van der Waals surface area contributed by atoms with E-state index >= 15 is 0 Å². The zero-order chi connectivity index (χ0) is 19.5. The normalized spacial score (nSPS) is 16.6. The predicted molar refractivity (Wildman–Crippen MR) is 107 cm³/mol. The number of hydrogen-bond acceptors (Lipinski definition) is 6. The van der Waals surface area contributed by atoms with Gasteiger partial charge in [-0.05, 0) is 55.3 Å². The monoisotopic (exact) mass is 397 g/mol. The Balaban J connectivity index is 1.46. The van der Waals surface area contributed by atoms with Crippen molar-refractivity contribution in [3.8, 4) is 5.69 Å². The summed E-state index contributed by atoms with van der Waals surface area (Å²) in [4.78, 5) is 12.9. The van der Waals surface area contributed by atoms with Crippen molar-refractivity contribution in [3.05, 3.63) is 53.3 Å². The van der Waals surface area contributed by atoms with Crippen LogP contribution in [0.25, 0.3) is 5.69 Å². The summed E-state index contributed by atoms with van der Waals surface area (Å²) < 4.78 is 9.50. The largest absolute Gasteiger partial charge is 0.376 e. The summed E-state index contributed by atoms with van der Waals surface area (Å²) in [7, 11) is 0. The topological polar surface area (TPSA) is 74.8 Å². The molecule has 0 N–H and O–H groups in total. The minimum atomic E-state index is 0.0759. The molecule has 146 valence electrons. The van der Waals surface area contributed by atoms with E-state index in [0.29, 0.717) is 17.5 Å². The van der Waals surface area contributed by atoms with Crippen molar-refractivity contribution in [2.45, 2.75) is 44.5 Å². The van der Waals surface area contributed by atoms with Crippen LogP contribution in [0.4, 0.5) is 0 Å². The molecule has 1 aliphatic rings. The summed E-state index contributed by atoms with van der Waals surface area (Å²) in [6.45, 7) is 5.43. The lowest BCUT2D eigenvalue weighted by Crippen LogP contribution is -2.17. The molecule has 28 heavy (non-hydrogen) atoms. The molecule has 2 aromatic heterocycles. The Morgan fingerprint density at radius 2 is 2.11 bits per heavy atom. The highest BCUT2D eigenvalue weighted by molar-refractivity contribution is 7.99. The van der Waals surface area contributed by atoms with Crippen LogP contribution in [0.1, 0.15) is 34.6 Å². The van der Waals surface area contributed by atoms with E-state index in [4.69, 9.17) is 4.74 Å². The molecule has 0 amide bonds. The van der Waals surface area contributed by atoms with Gasteiger partial charge in [0.1, 0.15) is 0 Å². The second-order valence-electron chi connectivity index (χ2n) is 6.95. The first-order valence-electron chi connectivity index (χ1n) is 9.41. The number of carbonyl (C=O) groups excluding carboxylic acids is 1. The highest BCUT2D eigenvalue weighted by Crippen LogP contribution is 2.24. The molecule has 0 spiro atoms. The summed E-state index contributed by atoms with van der Waals surface area (Å²) in [6.07, 6.45) is 2.25. The number of tetrazole rings is 1. The number of aryl methyl sites for hydroxylation is 1. The van der Waals surface area contributed by atoms with E-state index in [0.717, 1.165) is 42.1 Å². The van der Waals surface area contributed by atoms with Gasteiger partial charge in [-0.15, -0.1) is 5.10 Å². The van der Waals surface area contributed by atoms with Gasteiger partial charge in [-0.3, -0.25) is 4.79 Å². The van der Waals surface area contributed by atoms with Crippen LogP contribution >= 0.6 is 11.8 Å². The number of ketones is 1. The number of thioether (sulfide) groups is 1. The minimum absolute atomic E-state index is 0.0759. The molecule has 3 heterocycles. The number of Topliss-reactive ketones (excluding diaryl/α,β-unsaturated/α-hetero) is 1. The van der Waals surface area contributed by atoms with Crippen LogP contribution in [-0.2, 0) is 11.3 Å². The molecule has 1 aromatic carbocycles. The quantitative estimate of drug-likeness (QED) is 0.450. The highest BCUT2D eigenvalue weighted by atomic mass is 32.2. The molecule has 1 atom stereocenters. The van der Waals surface area contributed by atoms with Crippen molar-refractivity contribution >= 4 is 17.5 Å². The van der Waals surface area contributed by atoms with Crippen LogP contribution in [-0.4, -0.2) is 49.0 Å². The molecule has 0 saturated carbocycles. The molecule has 3 aromatic rings. The van der Waals surface area contributed by atoms with Crippen LogP contribution in [0.5, 0.6) is 0 Å². The molecule has 0 aliphatic carbocycles. The van der Waals surface area contributed by atoms with Gasteiger partial charge in [0.05, 0.1) is 18.4 Å². The zero-order valence-corrected chi connectivity index (χ0v) is 16.9. The van der Waals surface area contributed by atoms with E-state index in [1.165, 1.54) is 11.8 Å². The lowest BCUT2D eigenvalue weighted by molar-refractivity contribution is 0.0912. The molecule has 1 aliphatic heterocycles. The summed E-state index contributed by atoms with van der Waals surface area (Å²) in [5, 5.41) is 12.5. The van der Waals surface area contributed by atoms with E-state index in [2.05, 4.69) is 20.1 Å². The molecular weight excluding hydrogens is 374 g/mol. The van der Waals surface area contributed by atoms with Gasteiger partial charge in [0, 0.05) is 29.2 Å². The van der Waals surface area contributed by atoms with Gasteiger partial charge in [0.2, 0.25) is 5.16 Å². The first-order valence-corrected chi connectivity index (χ1v) is 10.4. The average molecular weight is 398 g/mol. The maximum Gasteiger partial charge on any atom is 0.209 e. The molecule has 7 nitrogen and oxygen atoms in total. The maximum absolute atomic E-state index is 12.9. The van der Waals surface area contributed by atoms with Crippen molar-refractivity contribution in [1.82, 2.24) is 24.8 Å². The molecular formula is C20H23N5O2S. The summed E-state index contributed by atoms with van der Waals surface area (Å²) >= 11 is 1.37. The number of benzene rings is 1. The van der Waals surface area contributed by atoms with Crippen LogP contribution < -0.4 is 0 Å². The van der Waals surface area contributed by atoms with Gasteiger partial charge >= 0.3 is 0 Å². The number of aromatic nitrogens is 5. The maximum atomic E-state index is 12.9. The van der Waals surface area contributed by atoms with Crippen LogP contribution in [0.3, 0.4) is 0 Å². The third kappa shape index (κ3) is 3.88. The van der Waals surface area contributed by atoms with E-state index in [1.807, 2.05) is 50.2 Å². The van der Waals surface area contributed by atoms with Crippen LogP contribution in [0, 0.1) is 13.8 Å². The van der Waals surface area contributed by atoms with Crippen molar-refractivity contribution < 1.29 is 9.53 Å². The molecule has 0 radical (unpaired) electrons. The Kier molecular flexibility index (Phi) is 5.59. The molecule has 1 fully saturated rings. The molecule has 4 rings (SSSR count). The number of para-hydroxylation sites is 1. The Labute approximate surface area is 168 Å². The van der Waals surface area contributed by atoms with E-state index in [9.17, 15) is 4.79 Å². The SMILES string of the molecule is Cc1cc(C(=O)CSc2nnnn2C[C@H]2CCCO2)c(C)n1-c1ccccc1. The molecule has 8 heteroatoms. The summed E-state index contributed by atoms with van der Waals surface area (Å²) in [5.74, 6) is 0.372. The number of hydrogen-bond donors (Lipinski definition) is 0. The number of rotatable bonds is 7. The highest BCUT2D eigenvalue weighted by Gasteiger charge is 2.21. The third-order valence-electron chi connectivity index (χ3n) is 4.98. The van der Waals surface area contributed by atoms with E-state index in [-0.39, 0.29) is 11.9 Å². The van der Waals surface area contributed by atoms with Gasteiger partial charge in [0.25, 0.3) is 0 Å². The summed E-state index contributed by atoms with van der Waals surface area (Å²) in [6, 6.07) is 12.0. The number of ether oxygens (including phenoxy) is 1. The Morgan fingerprint density at radius 1 is 1.29 bits per heavy atom. The molecule has 1 saturated heterocycles. The Bertz CT molecular complexity index is 960. The van der Waals surface area contributed by atoms with Crippen molar-refractivity contribution in [2.24, 2.45) is 0 Å². The van der Waals surface area contributed by atoms with Gasteiger partial charge < -0.3 is 9.30 Å². The van der Waals surface area contributed by atoms with Crippen molar-refractivity contribution in [1.29, 1.82) is 0 Å². The van der Waals surface area contributed by atoms with Crippen molar-refractivity contribution in [2.75, 3.05) is 12.4 Å². The smallest absolute Gasteiger partial charge is 0.209 e. The van der Waals surface area contributed by atoms with Gasteiger partial charge in [-0.1, -0.05) is 30.0 Å². The lowest BCUT2D eigenvalue weighted by atomic mass is 10.2. The van der Waals surface area contributed by atoms with Gasteiger partial charge in [-0.2, -0.15) is 0 Å². The number of nitrogens with zero attached hydrogens (tertiary/aromatic N) is 5. The zero-order valence-electron chi connectivity index (χ0n) is 16.0. The third-order valence-corrected chi connectivity index (χ3v) is 5.94. The first kappa shape index (κ1) is 18.9. The Morgan fingerprint density at radius 3 is 2.86 bits per heavy atom. The van der Waals surface area contributed by atoms with Crippen molar-refractivity contribution in [3.63, 3.8) is 0 Å². The average Bonchev–Trinajstić information content (AvgIpc) is 3.43. The molecule has 0 unspecified atom stereocenters. The fraction of sp³-hybridized carbons (Fsp3) is 0.400. The Hall–Kier alpha value is -2.45. The second kappa shape index (κ2) is 8.28. The fourth-order valence-corrected chi connectivity index (χ4v) is 4.39. The minimum Gasteiger partial charge on any atom is -0.376 e. The van der Waals surface area contributed by atoms with Crippen LogP contribution in [0.2, 0.25) is 0 Å². The predicted octanol–water partition coefficient (Wildman–Crippen LogP) is 3.23. The van der Waals surface area contributed by atoms with E-state index < -0.39 is 0 Å². The first-order chi connectivity index (χ1) is 13.6. The second-order valence-corrected chi connectivity index (χ2v) is 7.89. The lowest BCUT2D eigenvalue weighted by Gasteiger charge is -2.10. The van der Waals surface area contributed by atoms with E-state index in [1.54, 1.807) is 4.68 Å². The molecule has 0 bridgehead atoms. The van der Waals surface area contributed by atoms with Gasteiger partial charge in [-0.25, -0.2) is 4.68 Å². The standard InChI is InChI=1S/C20H23N5O2S/c1-14-11-18(15(2)25(14)16-7-4-3-5-8-16)19(26)13-28-20-21-22-23-24(20)12-17-9-6-10-27-17/h3-5,7-8,11,17H,6,9-10,12-13H2,1-2H3/t17-/m1/s1. The van der Waals surface area contributed by atoms with Gasteiger partial charge in [0.15, 0.2) is 5.78 Å². The van der Waals surface area contributed by atoms with Crippen LogP contribution in [0.15, 0.2) is 41.6 Å². The number of carbonyl (C=O) groups is 1. The fourth-order valence-electron chi connectivity index (χ4n) is 3.62. The summed E-state index contributed by atoms with van der Waals surface area (Å²) in [5.41, 5.74) is 3.80.